The first-order valence-electron chi connectivity index (χ1n) is 31.8. The number of carbonyl (C=O) groups is 1. The second kappa shape index (κ2) is 68.1. The number of esters is 1. The van der Waals surface area contributed by atoms with Crippen LogP contribution in [0.15, 0.2) is 33.5 Å². The van der Waals surface area contributed by atoms with Crippen molar-refractivity contribution >= 4 is 22.6 Å². The molecule has 0 unspecified atom stereocenters. The summed E-state index contributed by atoms with van der Waals surface area (Å²) in [5, 5.41) is 0.588. The number of hydrogen-bond acceptors (Lipinski definition) is 29. The van der Waals surface area contributed by atoms with Crippen LogP contribution in [0.1, 0.15) is 17.3 Å². The summed E-state index contributed by atoms with van der Waals surface area (Å²) in [6.45, 7) is 24.6. The minimum absolute atomic E-state index is 0.139. The minimum atomic E-state index is -0.767. The van der Waals surface area contributed by atoms with Gasteiger partial charge in [-0.25, -0.2) is 9.59 Å². The van der Waals surface area contributed by atoms with Crippen molar-refractivity contribution in [3.05, 3.63) is 40.2 Å². The van der Waals surface area contributed by atoms with Crippen molar-refractivity contribution in [2.75, 3.05) is 343 Å². The van der Waals surface area contributed by atoms with Gasteiger partial charge in [0.25, 0.3) is 0 Å². The summed E-state index contributed by atoms with van der Waals surface area (Å²) in [6.07, 6.45) is 0. The lowest BCUT2D eigenvalue weighted by Gasteiger charge is -2.25. The quantitative estimate of drug-likeness (QED) is 0.0522. The second-order valence-corrected chi connectivity index (χ2v) is 18.8. The summed E-state index contributed by atoms with van der Waals surface area (Å²) in [7, 11) is 3.28. The Morgan fingerprint density at radius 2 is 0.538 bits per heavy atom. The van der Waals surface area contributed by atoms with Crippen molar-refractivity contribution in [2.24, 2.45) is 0 Å². The van der Waals surface area contributed by atoms with Crippen LogP contribution in [0.2, 0.25) is 0 Å². The fourth-order valence-electron chi connectivity index (χ4n) is 7.25. The van der Waals surface area contributed by atoms with Crippen LogP contribution in [0.3, 0.4) is 0 Å². The Bertz CT molecular complexity index is 1820. The molecule has 0 amide bonds. The normalized spacial score (nSPS) is 11.7. The molecule has 0 saturated heterocycles. The first-order chi connectivity index (χ1) is 45.1. The Hall–Kier alpha value is -3.26. The molecular weight excluding hydrogens is 1210 g/mol. The summed E-state index contributed by atoms with van der Waals surface area (Å²) in [5.41, 5.74) is 0.198. The molecule has 0 N–H and O–H groups in total. The average molecular weight is 1320 g/mol. The van der Waals surface area contributed by atoms with Crippen molar-refractivity contribution in [2.45, 2.75) is 6.92 Å². The zero-order valence-electron chi connectivity index (χ0n) is 54.8. The van der Waals surface area contributed by atoms with Crippen molar-refractivity contribution in [3.8, 4) is 0 Å². The third kappa shape index (κ3) is 54.7. The van der Waals surface area contributed by atoms with Crippen molar-refractivity contribution in [1.82, 2.24) is 0 Å². The molecule has 91 heavy (non-hydrogen) atoms. The molecule has 0 radical (unpaired) electrons. The predicted octanol–water partition coefficient (Wildman–Crippen LogP) is 2.43. The van der Waals surface area contributed by atoms with Crippen molar-refractivity contribution in [1.29, 1.82) is 0 Å². The van der Waals surface area contributed by atoms with Gasteiger partial charge < -0.3 is 128 Å². The maximum Gasteiger partial charge on any atom is 0.351 e. The van der Waals surface area contributed by atoms with Gasteiger partial charge in [-0.05, 0) is 25.1 Å². The average Bonchev–Trinajstić information content (AvgIpc) is 1.04. The van der Waals surface area contributed by atoms with E-state index in [1.165, 1.54) is 6.07 Å². The lowest BCUT2D eigenvalue weighted by molar-refractivity contribution is -0.0280. The van der Waals surface area contributed by atoms with Crippen LogP contribution in [0, 0.1) is 0 Å². The molecule has 0 spiro atoms. The minimum Gasteiger partial charge on any atom is -0.462 e. The molecule has 0 bridgehead atoms. The molecule has 0 aliphatic heterocycles. The smallest absolute Gasteiger partial charge is 0.351 e. The molecule has 1 aromatic heterocycles. The van der Waals surface area contributed by atoms with E-state index in [0.717, 1.165) is 5.69 Å². The van der Waals surface area contributed by atoms with Crippen molar-refractivity contribution < 1.29 is 128 Å². The molecule has 532 valence electrons. The van der Waals surface area contributed by atoms with E-state index in [2.05, 4.69) is 4.90 Å². The Labute approximate surface area is 538 Å². The van der Waals surface area contributed by atoms with Crippen LogP contribution in [-0.2, 0) is 118 Å². The number of fused-ring (bicyclic) bond motifs is 1. The highest BCUT2D eigenvalue weighted by Gasteiger charge is 2.16. The van der Waals surface area contributed by atoms with Gasteiger partial charge in [0.05, 0.1) is 311 Å². The molecular formula is C62H111NO28. The van der Waals surface area contributed by atoms with Gasteiger partial charge in [-0.1, -0.05) is 0 Å². The first-order valence-corrected chi connectivity index (χ1v) is 31.8. The van der Waals surface area contributed by atoms with Gasteiger partial charge in [-0.2, -0.15) is 0 Å². The number of hydrogen-bond donors (Lipinski definition) is 0. The Balaban J connectivity index is 1.41. The molecule has 0 saturated carbocycles. The number of anilines is 1. The van der Waals surface area contributed by atoms with Crippen LogP contribution in [0.25, 0.3) is 11.0 Å². The number of methoxy groups -OCH3 is 2. The Kier molecular flexibility index (Phi) is 62.8. The van der Waals surface area contributed by atoms with Crippen LogP contribution >= 0.6 is 0 Å². The number of nitrogens with zero attached hydrogens (tertiary/aromatic N) is 1. The molecule has 2 rings (SSSR count). The van der Waals surface area contributed by atoms with E-state index in [1.807, 2.05) is 6.07 Å². The van der Waals surface area contributed by atoms with Gasteiger partial charge in [0.15, 0.2) is 0 Å². The molecule has 0 aliphatic carbocycles. The standard InChI is InChI=1S/C62H111NO28/c1-4-90-61(64)59-55-57-5-6-58(56-60(57)91-62(59)65)63(7-9-68-15-17-72-23-25-76-31-33-80-39-41-84-47-49-88-53-51-86-45-43-82-37-35-78-29-27-74-21-19-70-13-11-66-2)8-10-69-16-18-73-24-26-77-32-34-81-40-42-85-48-50-89-54-52-87-46-44-83-38-36-79-30-28-75-22-20-71-14-12-67-3/h5-6,55-56H,4,7-54H2,1-3H3. The van der Waals surface area contributed by atoms with Gasteiger partial charge in [-0.3, -0.25) is 0 Å². The predicted molar refractivity (Wildman–Crippen MR) is 332 cm³/mol. The van der Waals surface area contributed by atoms with Crippen molar-refractivity contribution in [3.63, 3.8) is 0 Å². The molecule has 1 heterocycles. The van der Waals surface area contributed by atoms with E-state index in [1.54, 1.807) is 33.3 Å². The van der Waals surface area contributed by atoms with E-state index in [4.69, 9.17) is 123 Å². The third-order valence-electron chi connectivity index (χ3n) is 11.9. The fourth-order valence-corrected chi connectivity index (χ4v) is 7.25. The van der Waals surface area contributed by atoms with Gasteiger partial charge in [-0.15, -0.1) is 0 Å². The molecule has 0 fully saturated rings. The summed E-state index contributed by atoms with van der Waals surface area (Å²) in [6, 6.07) is 6.93. The lowest BCUT2D eigenvalue weighted by Crippen LogP contribution is -2.31. The highest BCUT2D eigenvalue weighted by molar-refractivity contribution is 5.93. The van der Waals surface area contributed by atoms with E-state index in [-0.39, 0.29) is 12.2 Å². The topological polar surface area (TPSA) is 281 Å². The first kappa shape index (κ1) is 83.8. The maximum atomic E-state index is 12.7. The molecule has 2 aromatic rings. The largest absolute Gasteiger partial charge is 0.462 e. The highest BCUT2D eigenvalue weighted by Crippen LogP contribution is 2.22. The van der Waals surface area contributed by atoms with E-state index >= 15 is 0 Å². The molecule has 29 heteroatoms. The lowest BCUT2D eigenvalue weighted by atomic mass is 10.1. The van der Waals surface area contributed by atoms with Crippen LogP contribution in [0.4, 0.5) is 5.69 Å². The molecule has 0 aliphatic rings. The molecule has 0 atom stereocenters. The van der Waals surface area contributed by atoms with Gasteiger partial charge in [0.1, 0.15) is 11.1 Å². The molecule has 1 aromatic carbocycles. The molecule has 29 nitrogen and oxygen atoms in total. The second-order valence-electron chi connectivity index (χ2n) is 18.8. The third-order valence-corrected chi connectivity index (χ3v) is 11.9. The van der Waals surface area contributed by atoms with E-state index in [9.17, 15) is 9.59 Å². The number of carbonyl (C=O) groups excluding carboxylic acids is 1. The van der Waals surface area contributed by atoms with Crippen LogP contribution in [0.5, 0.6) is 0 Å². The number of ether oxygens (including phenoxy) is 25. The van der Waals surface area contributed by atoms with E-state index in [0.29, 0.717) is 328 Å². The maximum absolute atomic E-state index is 12.7. The summed E-state index contributed by atoms with van der Waals surface area (Å²) >= 11 is 0. The SMILES string of the molecule is CCOC(=O)c1cc2ccc(N(CCOCCOCCOCCOCCOCCOCCOCCOCCOCCOCCOCCOC)CCOCCOCCOCCOCCOCCOCCOCCOCCOCCOCCOCCOC)cc2oc1=O. The Morgan fingerprint density at radius 1 is 0.319 bits per heavy atom. The summed E-state index contributed by atoms with van der Waals surface area (Å²) in [5.74, 6) is -0.728. The van der Waals surface area contributed by atoms with Crippen LogP contribution in [-0.4, -0.2) is 344 Å². The number of benzene rings is 1. The van der Waals surface area contributed by atoms with Gasteiger partial charge in [0, 0.05) is 44.4 Å². The van der Waals surface area contributed by atoms with Gasteiger partial charge >= 0.3 is 11.6 Å². The monoisotopic (exact) mass is 1320 g/mol. The zero-order valence-corrected chi connectivity index (χ0v) is 54.8. The summed E-state index contributed by atoms with van der Waals surface area (Å²) in [4.78, 5) is 27.1. The number of rotatable bonds is 75. The fraction of sp³-hybridized carbons (Fsp3) is 0.839. The van der Waals surface area contributed by atoms with E-state index < -0.39 is 11.6 Å². The zero-order chi connectivity index (χ0) is 64.9. The van der Waals surface area contributed by atoms with Crippen LogP contribution < -0.4 is 10.5 Å². The summed E-state index contributed by atoms with van der Waals surface area (Å²) < 4.78 is 143. The van der Waals surface area contributed by atoms with Gasteiger partial charge in [0.2, 0.25) is 0 Å². The Morgan fingerprint density at radius 3 is 0.758 bits per heavy atom. The highest BCUT2D eigenvalue weighted by atomic mass is 16.6.